The van der Waals surface area contributed by atoms with Crippen molar-refractivity contribution in [3.63, 3.8) is 0 Å². The second kappa shape index (κ2) is 9.40. The molecule has 0 aliphatic carbocycles. The zero-order valence-corrected chi connectivity index (χ0v) is 15.3. The number of rotatable bonds is 6. The summed E-state index contributed by atoms with van der Waals surface area (Å²) in [6, 6.07) is 9.55. The Kier molecular flexibility index (Phi) is 7.23. The molecule has 25 heavy (non-hydrogen) atoms. The molecule has 1 aromatic carbocycles. The molecule has 1 fully saturated rings. The zero-order valence-electron chi connectivity index (χ0n) is 15.3. The summed E-state index contributed by atoms with van der Waals surface area (Å²) >= 11 is 0. The lowest BCUT2D eigenvalue weighted by atomic mass is 10.1. The fourth-order valence-corrected chi connectivity index (χ4v) is 3.19. The van der Waals surface area contributed by atoms with Crippen LogP contribution in [-0.4, -0.2) is 42.3 Å². The molecule has 2 amide bonds. The van der Waals surface area contributed by atoms with Gasteiger partial charge in [-0.2, -0.15) is 5.26 Å². The van der Waals surface area contributed by atoms with E-state index in [1.165, 1.54) is 0 Å². The van der Waals surface area contributed by atoms with Gasteiger partial charge in [0.2, 0.25) is 0 Å². The molecule has 1 aliphatic rings. The van der Waals surface area contributed by atoms with Crippen molar-refractivity contribution < 1.29 is 9.53 Å². The highest BCUT2D eigenvalue weighted by Crippen LogP contribution is 2.20. The topological polar surface area (TPSA) is 77.4 Å². The number of nitrogens with zero attached hydrogens (tertiary/aromatic N) is 2. The van der Waals surface area contributed by atoms with Gasteiger partial charge in [-0.25, -0.2) is 4.79 Å². The molecule has 2 rings (SSSR count). The number of carbonyl (C=O) groups excluding carboxylic acids is 1. The van der Waals surface area contributed by atoms with Crippen LogP contribution in [0.1, 0.15) is 39.2 Å². The maximum absolute atomic E-state index is 12.2. The van der Waals surface area contributed by atoms with Crippen molar-refractivity contribution in [2.45, 2.75) is 58.4 Å². The van der Waals surface area contributed by atoms with Gasteiger partial charge in [0.1, 0.15) is 0 Å². The van der Waals surface area contributed by atoms with E-state index in [2.05, 4.69) is 35.5 Å². The smallest absolute Gasteiger partial charge is 0.319 e. The van der Waals surface area contributed by atoms with E-state index >= 15 is 0 Å². The molecular formula is C19H28N4O2. The van der Waals surface area contributed by atoms with E-state index in [0.29, 0.717) is 6.42 Å². The third-order valence-electron chi connectivity index (χ3n) is 4.32. The summed E-state index contributed by atoms with van der Waals surface area (Å²) in [6.07, 6.45) is 1.47. The van der Waals surface area contributed by atoms with Gasteiger partial charge >= 0.3 is 6.03 Å². The molecule has 1 aliphatic heterocycles. The Balaban J connectivity index is 2.00. The molecule has 0 bridgehead atoms. The van der Waals surface area contributed by atoms with Crippen molar-refractivity contribution >= 4 is 11.7 Å². The predicted molar refractivity (Wildman–Crippen MR) is 98.2 cm³/mol. The van der Waals surface area contributed by atoms with Crippen LogP contribution >= 0.6 is 0 Å². The molecule has 6 nitrogen and oxygen atoms in total. The average Bonchev–Trinajstić information content (AvgIpc) is 2.55. The molecule has 3 atom stereocenters. The Bertz CT molecular complexity index is 604. The summed E-state index contributed by atoms with van der Waals surface area (Å²) in [7, 11) is 0. The fraction of sp³-hybridized carbons (Fsp3) is 0.579. The van der Waals surface area contributed by atoms with Crippen LogP contribution in [-0.2, 0) is 11.3 Å². The van der Waals surface area contributed by atoms with Gasteiger partial charge < -0.3 is 15.4 Å². The summed E-state index contributed by atoms with van der Waals surface area (Å²) in [5.74, 6) is 0. The van der Waals surface area contributed by atoms with Crippen LogP contribution in [0.15, 0.2) is 24.3 Å². The summed E-state index contributed by atoms with van der Waals surface area (Å²) in [6.45, 7) is 8.65. The summed E-state index contributed by atoms with van der Waals surface area (Å²) in [4.78, 5) is 14.6. The van der Waals surface area contributed by atoms with Crippen molar-refractivity contribution in [2.24, 2.45) is 0 Å². The molecule has 136 valence electrons. The molecule has 0 radical (unpaired) electrons. The zero-order chi connectivity index (χ0) is 18.2. The predicted octanol–water partition coefficient (Wildman–Crippen LogP) is 3.11. The van der Waals surface area contributed by atoms with Crippen molar-refractivity contribution in [3.8, 4) is 6.07 Å². The summed E-state index contributed by atoms with van der Waals surface area (Å²) in [5.41, 5.74) is 1.88. The second-order valence-electron chi connectivity index (χ2n) is 6.67. The maximum atomic E-state index is 12.2. The molecular weight excluding hydrogens is 316 g/mol. The standard InChI is InChI=1S/C19H28N4O2/c1-4-17(9-10-20)21-19(24)22-18-8-6-5-7-16(18)13-23-11-14(2)25-15(3)12-23/h5-8,14-15,17H,4,9,11-13H2,1-3H3,(H2,21,22,24)/t14-,15+,17-/m1/s1. The van der Waals surface area contributed by atoms with E-state index in [-0.39, 0.29) is 24.3 Å². The van der Waals surface area contributed by atoms with Crippen LogP contribution in [0, 0.1) is 11.3 Å². The normalized spacial score (nSPS) is 22.0. The van der Waals surface area contributed by atoms with Crippen molar-refractivity contribution in [1.29, 1.82) is 5.26 Å². The van der Waals surface area contributed by atoms with Crippen molar-refractivity contribution in [2.75, 3.05) is 18.4 Å². The number of hydrogen-bond donors (Lipinski definition) is 2. The minimum absolute atomic E-state index is 0.127. The van der Waals surface area contributed by atoms with Crippen LogP contribution in [0.25, 0.3) is 0 Å². The van der Waals surface area contributed by atoms with Gasteiger partial charge in [-0.3, -0.25) is 4.90 Å². The molecule has 1 aromatic rings. The number of amides is 2. The Labute approximate surface area is 150 Å². The Morgan fingerprint density at radius 1 is 1.36 bits per heavy atom. The number of benzene rings is 1. The number of urea groups is 1. The lowest BCUT2D eigenvalue weighted by molar-refractivity contribution is -0.0704. The first-order chi connectivity index (χ1) is 12.0. The number of hydrogen-bond acceptors (Lipinski definition) is 4. The lowest BCUT2D eigenvalue weighted by Gasteiger charge is -2.35. The fourth-order valence-electron chi connectivity index (χ4n) is 3.19. The average molecular weight is 344 g/mol. The SMILES string of the molecule is CC[C@H](CC#N)NC(=O)Nc1ccccc1CN1C[C@@H](C)O[C@@H](C)C1. The summed E-state index contributed by atoms with van der Waals surface area (Å²) in [5, 5.41) is 14.6. The molecule has 0 unspecified atom stereocenters. The van der Waals surface area contributed by atoms with Crippen LogP contribution < -0.4 is 10.6 Å². The number of ether oxygens (including phenoxy) is 1. The van der Waals surface area contributed by atoms with Gasteiger partial charge in [-0.1, -0.05) is 25.1 Å². The molecule has 1 saturated heterocycles. The molecule has 0 aromatic heterocycles. The number of nitrogens with one attached hydrogen (secondary N) is 2. The monoisotopic (exact) mass is 344 g/mol. The highest BCUT2D eigenvalue weighted by Gasteiger charge is 2.23. The van der Waals surface area contributed by atoms with E-state index in [1.54, 1.807) is 0 Å². The van der Waals surface area contributed by atoms with Gasteiger partial charge in [0.15, 0.2) is 0 Å². The van der Waals surface area contributed by atoms with Gasteiger partial charge in [0.05, 0.1) is 24.7 Å². The van der Waals surface area contributed by atoms with Crippen LogP contribution in [0.2, 0.25) is 0 Å². The van der Waals surface area contributed by atoms with Crippen LogP contribution in [0.3, 0.4) is 0 Å². The van der Waals surface area contributed by atoms with Crippen LogP contribution in [0.5, 0.6) is 0 Å². The first-order valence-electron chi connectivity index (χ1n) is 8.92. The van der Waals surface area contributed by atoms with Gasteiger partial charge in [0.25, 0.3) is 0 Å². The van der Waals surface area contributed by atoms with Gasteiger partial charge in [0, 0.05) is 31.4 Å². The van der Waals surface area contributed by atoms with E-state index in [4.69, 9.17) is 10.00 Å². The first-order valence-corrected chi connectivity index (χ1v) is 8.92. The maximum Gasteiger partial charge on any atom is 0.319 e. The number of carbonyl (C=O) groups is 1. The van der Waals surface area contributed by atoms with Crippen LogP contribution in [0.4, 0.5) is 10.5 Å². The molecule has 0 spiro atoms. The van der Waals surface area contributed by atoms with Crippen molar-refractivity contribution in [1.82, 2.24) is 10.2 Å². The quantitative estimate of drug-likeness (QED) is 0.831. The van der Waals surface area contributed by atoms with E-state index < -0.39 is 0 Å². The lowest BCUT2D eigenvalue weighted by Crippen LogP contribution is -2.45. The Morgan fingerprint density at radius 2 is 2.04 bits per heavy atom. The van der Waals surface area contributed by atoms with E-state index in [0.717, 1.165) is 37.3 Å². The Hall–Kier alpha value is -2.10. The van der Waals surface area contributed by atoms with E-state index in [1.807, 2.05) is 31.2 Å². The molecule has 6 heteroatoms. The molecule has 0 saturated carbocycles. The largest absolute Gasteiger partial charge is 0.373 e. The first kappa shape index (κ1) is 19.2. The number of morpholine rings is 1. The minimum atomic E-state index is -0.265. The Morgan fingerprint density at radius 3 is 2.68 bits per heavy atom. The third-order valence-corrected chi connectivity index (χ3v) is 4.32. The number of anilines is 1. The van der Waals surface area contributed by atoms with Gasteiger partial charge in [-0.05, 0) is 31.9 Å². The van der Waals surface area contributed by atoms with Gasteiger partial charge in [-0.15, -0.1) is 0 Å². The third kappa shape index (κ3) is 6.04. The summed E-state index contributed by atoms with van der Waals surface area (Å²) < 4.78 is 5.78. The highest BCUT2D eigenvalue weighted by molar-refractivity contribution is 5.90. The molecule has 2 N–H and O–H groups in total. The van der Waals surface area contributed by atoms with E-state index in [9.17, 15) is 4.79 Å². The number of para-hydroxylation sites is 1. The molecule has 1 heterocycles. The minimum Gasteiger partial charge on any atom is -0.373 e. The number of nitriles is 1. The highest BCUT2D eigenvalue weighted by atomic mass is 16.5. The van der Waals surface area contributed by atoms with Crippen molar-refractivity contribution in [3.05, 3.63) is 29.8 Å². The second-order valence-corrected chi connectivity index (χ2v) is 6.67.